The van der Waals surface area contributed by atoms with Gasteiger partial charge >= 0.3 is 0 Å². The van der Waals surface area contributed by atoms with Crippen LogP contribution in [0.5, 0.6) is 0 Å². The summed E-state index contributed by atoms with van der Waals surface area (Å²) < 4.78 is 0. The summed E-state index contributed by atoms with van der Waals surface area (Å²) in [7, 11) is 0. The van der Waals surface area contributed by atoms with Gasteiger partial charge in [0.05, 0.1) is 10.4 Å². The van der Waals surface area contributed by atoms with Gasteiger partial charge in [0.1, 0.15) is 0 Å². The van der Waals surface area contributed by atoms with Crippen molar-refractivity contribution in [1.82, 2.24) is 4.98 Å². The van der Waals surface area contributed by atoms with Crippen molar-refractivity contribution in [2.75, 3.05) is 0 Å². The van der Waals surface area contributed by atoms with Crippen molar-refractivity contribution >= 4 is 16.6 Å². The Labute approximate surface area is 87.1 Å². The largest absolute Gasteiger partial charge is 0.361 e. The smallest absolute Gasteiger partial charge is 0.271 e. The highest BCUT2D eigenvalue weighted by atomic mass is 16.6. The molecule has 0 radical (unpaired) electrons. The van der Waals surface area contributed by atoms with Gasteiger partial charge in [-0.05, 0) is 17.5 Å². The first-order valence-corrected chi connectivity index (χ1v) is 4.85. The topological polar surface area (TPSA) is 58.9 Å². The Morgan fingerprint density at radius 1 is 1.40 bits per heavy atom. The SMILES string of the molecule is CC(C)c1c[nH]c2cc([N+](=O)[O-])ccc12. The second-order valence-corrected chi connectivity index (χ2v) is 3.89. The number of hydrogen-bond acceptors (Lipinski definition) is 2. The van der Waals surface area contributed by atoms with Crippen LogP contribution >= 0.6 is 0 Å². The summed E-state index contributed by atoms with van der Waals surface area (Å²) >= 11 is 0. The number of rotatable bonds is 2. The molecule has 2 aromatic rings. The Bertz CT molecular complexity index is 514. The molecule has 0 spiro atoms. The number of non-ortho nitro benzene ring substituents is 1. The number of nitrogens with zero attached hydrogens (tertiary/aromatic N) is 1. The number of nitro benzene ring substituents is 1. The van der Waals surface area contributed by atoms with Gasteiger partial charge in [0.2, 0.25) is 0 Å². The number of benzene rings is 1. The number of aromatic nitrogens is 1. The molecule has 0 atom stereocenters. The van der Waals surface area contributed by atoms with Gasteiger partial charge in [-0.3, -0.25) is 10.1 Å². The molecule has 4 nitrogen and oxygen atoms in total. The van der Waals surface area contributed by atoms with Gasteiger partial charge in [0, 0.05) is 23.7 Å². The van der Waals surface area contributed by atoms with Crippen molar-refractivity contribution in [2.24, 2.45) is 0 Å². The van der Waals surface area contributed by atoms with Gasteiger partial charge in [0.15, 0.2) is 0 Å². The molecular weight excluding hydrogens is 192 g/mol. The van der Waals surface area contributed by atoms with E-state index in [-0.39, 0.29) is 10.6 Å². The van der Waals surface area contributed by atoms with Crippen LogP contribution in [-0.2, 0) is 0 Å². The van der Waals surface area contributed by atoms with Gasteiger partial charge in [-0.2, -0.15) is 0 Å². The van der Waals surface area contributed by atoms with Crippen molar-refractivity contribution < 1.29 is 4.92 Å². The lowest BCUT2D eigenvalue weighted by Crippen LogP contribution is -1.87. The zero-order valence-electron chi connectivity index (χ0n) is 8.65. The summed E-state index contributed by atoms with van der Waals surface area (Å²) in [5, 5.41) is 11.6. The highest BCUT2D eigenvalue weighted by molar-refractivity contribution is 5.85. The Balaban J connectivity index is 2.61. The summed E-state index contributed by atoms with van der Waals surface area (Å²) in [6.45, 7) is 4.20. The van der Waals surface area contributed by atoms with Crippen molar-refractivity contribution in [1.29, 1.82) is 0 Å². The van der Waals surface area contributed by atoms with Crippen LogP contribution in [0.4, 0.5) is 5.69 Å². The molecule has 1 aromatic heterocycles. The van der Waals surface area contributed by atoms with Gasteiger partial charge in [-0.1, -0.05) is 13.8 Å². The summed E-state index contributed by atoms with van der Waals surface area (Å²) in [6, 6.07) is 4.92. The first kappa shape index (κ1) is 9.71. The van der Waals surface area contributed by atoms with E-state index < -0.39 is 0 Å². The molecule has 0 fully saturated rings. The molecule has 1 N–H and O–H groups in total. The molecular formula is C11H12N2O2. The summed E-state index contributed by atoms with van der Waals surface area (Å²) in [4.78, 5) is 13.3. The van der Waals surface area contributed by atoms with E-state index >= 15 is 0 Å². The maximum Gasteiger partial charge on any atom is 0.271 e. The van der Waals surface area contributed by atoms with E-state index in [0.717, 1.165) is 10.9 Å². The number of hydrogen-bond donors (Lipinski definition) is 1. The molecule has 1 aromatic carbocycles. The van der Waals surface area contributed by atoms with Crippen LogP contribution in [0.15, 0.2) is 24.4 Å². The highest BCUT2D eigenvalue weighted by Gasteiger charge is 2.11. The average Bonchev–Trinajstić information content (AvgIpc) is 2.59. The predicted octanol–water partition coefficient (Wildman–Crippen LogP) is 3.20. The van der Waals surface area contributed by atoms with Crippen LogP contribution < -0.4 is 0 Å². The number of H-pyrrole nitrogens is 1. The Kier molecular flexibility index (Phi) is 2.19. The lowest BCUT2D eigenvalue weighted by molar-refractivity contribution is -0.384. The second kappa shape index (κ2) is 3.38. The third-order valence-electron chi connectivity index (χ3n) is 2.53. The molecule has 0 unspecified atom stereocenters. The van der Waals surface area contributed by atoms with E-state index in [1.54, 1.807) is 18.2 Å². The molecule has 0 saturated heterocycles. The molecule has 2 rings (SSSR count). The molecule has 78 valence electrons. The zero-order chi connectivity index (χ0) is 11.0. The molecule has 0 saturated carbocycles. The minimum Gasteiger partial charge on any atom is -0.361 e. The third kappa shape index (κ3) is 1.58. The monoisotopic (exact) mass is 204 g/mol. The molecule has 0 aliphatic rings. The van der Waals surface area contributed by atoms with E-state index in [1.165, 1.54) is 5.56 Å². The molecule has 15 heavy (non-hydrogen) atoms. The van der Waals surface area contributed by atoms with Crippen LogP contribution in [0, 0.1) is 10.1 Å². The Morgan fingerprint density at radius 2 is 2.13 bits per heavy atom. The van der Waals surface area contributed by atoms with Crippen LogP contribution in [0.3, 0.4) is 0 Å². The second-order valence-electron chi connectivity index (χ2n) is 3.89. The summed E-state index contributed by atoms with van der Waals surface area (Å²) in [5.74, 6) is 0.417. The first-order chi connectivity index (χ1) is 7.09. The first-order valence-electron chi connectivity index (χ1n) is 4.85. The number of aromatic amines is 1. The maximum absolute atomic E-state index is 10.6. The van der Waals surface area contributed by atoms with Crippen LogP contribution in [-0.4, -0.2) is 9.91 Å². The fourth-order valence-corrected chi connectivity index (χ4v) is 1.73. The zero-order valence-corrected chi connectivity index (χ0v) is 8.65. The van der Waals surface area contributed by atoms with Crippen LogP contribution in [0.1, 0.15) is 25.3 Å². The van der Waals surface area contributed by atoms with Gasteiger partial charge in [0.25, 0.3) is 5.69 Å². The van der Waals surface area contributed by atoms with E-state index in [2.05, 4.69) is 18.8 Å². The lowest BCUT2D eigenvalue weighted by atomic mass is 10.0. The van der Waals surface area contributed by atoms with Gasteiger partial charge in [-0.25, -0.2) is 0 Å². The van der Waals surface area contributed by atoms with E-state index in [0.29, 0.717) is 5.92 Å². The molecule has 0 aliphatic carbocycles. The minimum absolute atomic E-state index is 0.125. The number of nitro groups is 1. The maximum atomic E-state index is 10.6. The summed E-state index contributed by atoms with van der Waals surface area (Å²) in [6.07, 6.45) is 1.92. The molecule has 1 heterocycles. The van der Waals surface area contributed by atoms with Gasteiger partial charge in [-0.15, -0.1) is 0 Å². The minimum atomic E-state index is -0.380. The predicted molar refractivity (Wildman–Crippen MR) is 59.0 cm³/mol. The average molecular weight is 204 g/mol. The van der Waals surface area contributed by atoms with Crippen LogP contribution in [0.2, 0.25) is 0 Å². The van der Waals surface area contributed by atoms with Crippen molar-refractivity contribution in [3.8, 4) is 0 Å². The normalized spacial score (nSPS) is 11.1. The van der Waals surface area contributed by atoms with Crippen molar-refractivity contribution in [2.45, 2.75) is 19.8 Å². The molecule has 0 aliphatic heterocycles. The quantitative estimate of drug-likeness (QED) is 0.603. The molecule has 0 amide bonds. The van der Waals surface area contributed by atoms with Crippen molar-refractivity contribution in [3.63, 3.8) is 0 Å². The number of nitrogens with one attached hydrogen (secondary N) is 1. The molecule has 0 bridgehead atoms. The fourth-order valence-electron chi connectivity index (χ4n) is 1.73. The fraction of sp³-hybridized carbons (Fsp3) is 0.273. The van der Waals surface area contributed by atoms with Crippen molar-refractivity contribution in [3.05, 3.63) is 40.1 Å². The summed E-state index contributed by atoms with van der Waals surface area (Å²) in [5.41, 5.74) is 2.15. The Morgan fingerprint density at radius 3 is 2.73 bits per heavy atom. The molecule has 4 heteroatoms. The lowest BCUT2D eigenvalue weighted by Gasteiger charge is -2.01. The van der Waals surface area contributed by atoms with Crippen LogP contribution in [0.25, 0.3) is 10.9 Å². The van der Waals surface area contributed by atoms with Gasteiger partial charge < -0.3 is 4.98 Å². The highest BCUT2D eigenvalue weighted by Crippen LogP contribution is 2.27. The number of fused-ring (bicyclic) bond motifs is 1. The standard InChI is InChI=1S/C11H12N2O2/c1-7(2)10-6-12-11-5-8(13(14)15)3-4-9(10)11/h3-7,12H,1-2H3. The van der Waals surface area contributed by atoms with E-state index in [9.17, 15) is 10.1 Å². The Hall–Kier alpha value is -1.84. The van der Waals surface area contributed by atoms with E-state index in [1.807, 2.05) is 6.20 Å². The van der Waals surface area contributed by atoms with E-state index in [4.69, 9.17) is 0 Å². The third-order valence-corrected chi connectivity index (χ3v) is 2.53.